The molecule has 7 nitrogen and oxygen atoms in total. The molecule has 0 bridgehead atoms. The Kier molecular flexibility index (Phi) is 5.86. The van der Waals surface area contributed by atoms with Gasteiger partial charge in [-0.1, -0.05) is 30.3 Å². The molecule has 3 aromatic rings. The molecule has 2 aromatic heterocycles. The summed E-state index contributed by atoms with van der Waals surface area (Å²) < 4.78 is 13.0. The molecule has 3 heterocycles. The Morgan fingerprint density at radius 1 is 1.10 bits per heavy atom. The number of amides is 1. The van der Waals surface area contributed by atoms with Gasteiger partial charge in [0.2, 0.25) is 11.8 Å². The fraction of sp³-hybridized carbons (Fsp3) is 0.318. The summed E-state index contributed by atoms with van der Waals surface area (Å²) in [4.78, 5) is 23.2. The zero-order valence-corrected chi connectivity index (χ0v) is 16.5. The van der Waals surface area contributed by atoms with Gasteiger partial charge in [0.15, 0.2) is 0 Å². The van der Waals surface area contributed by atoms with Crippen LogP contribution in [0.4, 0.5) is 0 Å². The molecule has 0 unspecified atom stereocenters. The van der Waals surface area contributed by atoms with Crippen molar-refractivity contribution in [2.75, 3.05) is 26.8 Å². The number of aromatic nitrogens is 3. The zero-order valence-electron chi connectivity index (χ0n) is 16.5. The van der Waals surface area contributed by atoms with Crippen LogP contribution in [0.15, 0.2) is 54.9 Å². The smallest absolute Gasteiger partial charge is 0.248 e. The van der Waals surface area contributed by atoms with E-state index in [0.29, 0.717) is 38.5 Å². The predicted octanol–water partition coefficient (Wildman–Crippen LogP) is 2.56. The lowest BCUT2D eigenvalue weighted by Gasteiger charge is -2.20. The van der Waals surface area contributed by atoms with E-state index in [9.17, 15) is 4.79 Å². The minimum Gasteiger partial charge on any atom is -0.481 e. The van der Waals surface area contributed by atoms with Gasteiger partial charge in [0.25, 0.3) is 0 Å². The minimum absolute atomic E-state index is 0.0128. The van der Waals surface area contributed by atoms with Gasteiger partial charge in [-0.25, -0.2) is 9.97 Å². The molecule has 0 N–H and O–H groups in total. The van der Waals surface area contributed by atoms with Crippen LogP contribution in [0.25, 0.3) is 11.3 Å². The van der Waals surface area contributed by atoms with Crippen LogP contribution in [0.1, 0.15) is 11.4 Å². The van der Waals surface area contributed by atoms with Crippen LogP contribution in [0.3, 0.4) is 0 Å². The number of hydrogen-bond donors (Lipinski definition) is 0. The SMILES string of the molecule is COc1cc(-c2cnc3n2CCN(C(=O)COCc2ccccc2)CC3)ccn1. The third-order valence-electron chi connectivity index (χ3n) is 5.07. The summed E-state index contributed by atoms with van der Waals surface area (Å²) in [5.41, 5.74) is 3.07. The Morgan fingerprint density at radius 2 is 1.97 bits per heavy atom. The Balaban J connectivity index is 1.38. The van der Waals surface area contributed by atoms with Crippen molar-refractivity contribution in [3.8, 4) is 17.1 Å². The lowest BCUT2D eigenvalue weighted by atomic mass is 10.2. The lowest BCUT2D eigenvalue weighted by molar-refractivity contribution is -0.136. The number of pyridine rings is 1. The second-order valence-corrected chi connectivity index (χ2v) is 6.91. The fourth-order valence-electron chi connectivity index (χ4n) is 3.51. The minimum atomic E-state index is 0.0128. The van der Waals surface area contributed by atoms with Gasteiger partial charge in [-0.3, -0.25) is 4.79 Å². The van der Waals surface area contributed by atoms with Crippen molar-refractivity contribution in [3.05, 3.63) is 66.2 Å². The molecule has 0 fully saturated rings. The van der Waals surface area contributed by atoms with E-state index in [1.54, 1.807) is 13.3 Å². The molecule has 0 radical (unpaired) electrons. The average Bonchev–Trinajstić information content (AvgIpc) is 3.05. The number of carbonyl (C=O) groups excluding carboxylic acids is 1. The number of fused-ring (bicyclic) bond motifs is 1. The van der Waals surface area contributed by atoms with E-state index in [-0.39, 0.29) is 12.5 Å². The summed E-state index contributed by atoms with van der Waals surface area (Å²) >= 11 is 0. The van der Waals surface area contributed by atoms with Crippen molar-refractivity contribution in [1.29, 1.82) is 0 Å². The van der Waals surface area contributed by atoms with E-state index < -0.39 is 0 Å². The van der Waals surface area contributed by atoms with E-state index in [2.05, 4.69) is 14.5 Å². The molecule has 1 aliphatic heterocycles. The van der Waals surface area contributed by atoms with Crippen LogP contribution >= 0.6 is 0 Å². The van der Waals surface area contributed by atoms with Gasteiger partial charge in [-0.05, 0) is 11.6 Å². The first-order valence-electron chi connectivity index (χ1n) is 9.69. The maximum absolute atomic E-state index is 12.6. The van der Waals surface area contributed by atoms with Gasteiger partial charge in [0.1, 0.15) is 12.4 Å². The van der Waals surface area contributed by atoms with Crippen molar-refractivity contribution >= 4 is 5.91 Å². The van der Waals surface area contributed by atoms with Crippen LogP contribution in [0.2, 0.25) is 0 Å². The van der Waals surface area contributed by atoms with Gasteiger partial charge in [0.05, 0.1) is 25.6 Å². The first kappa shape index (κ1) is 19.1. The predicted molar refractivity (Wildman–Crippen MR) is 108 cm³/mol. The molecule has 0 atom stereocenters. The van der Waals surface area contributed by atoms with Gasteiger partial charge in [0, 0.05) is 43.9 Å². The first-order valence-corrected chi connectivity index (χ1v) is 9.69. The van der Waals surface area contributed by atoms with Crippen molar-refractivity contribution in [2.24, 2.45) is 0 Å². The summed E-state index contributed by atoms with van der Waals surface area (Å²) in [5.74, 6) is 1.56. The van der Waals surface area contributed by atoms with E-state index in [1.165, 1.54) is 0 Å². The quantitative estimate of drug-likeness (QED) is 0.645. The van der Waals surface area contributed by atoms with Gasteiger partial charge in [-0.15, -0.1) is 0 Å². The Morgan fingerprint density at radius 3 is 2.79 bits per heavy atom. The average molecular weight is 392 g/mol. The second-order valence-electron chi connectivity index (χ2n) is 6.91. The molecular formula is C22H24N4O3. The van der Waals surface area contributed by atoms with Gasteiger partial charge in [-0.2, -0.15) is 0 Å². The van der Waals surface area contributed by atoms with E-state index >= 15 is 0 Å². The number of carbonyl (C=O) groups is 1. The summed E-state index contributed by atoms with van der Waals surface area (Å²) in [6.07, 6.45) is 4.32. The molecule has 0 saturated heterocycles. The monoisotopic (exact) mass is 392 g/mol. The number of benzene rings is 1. The highest BCUT2D eigenvalue weighted by molar-refractivity contribution is 5.77. The Labute approximate surface area is 169 Å². The molecule has 1 aromatic carbocycles. The van der Waals surface area contributed by atoms with Crippen molar-refractivity contribution in [3.63, 3.8) is 0 Å². The van der Waals surface area contributed by atoms with Crippen LogP contribution in [0.5, 0.6) is 5.88 Å². The van der Waals surface area contributed by atoms with Crippen molar-refractivity contribution in [2.45, 2.75) is 19.6 Å². The van der Waals surface area contributed by atoms with Gasteiger partial charge >= 0.3 is 0 Å². The number of nitrogens with zero attached hydrogens (tertiary/aromatic N) is 4. The zero-order chi connectivity index (χ0) is 20.1. The van der Waals surface area contributed by atoms with Gasteiger partial charge < -0.3 is 18.9 Å². The molecule has 150 valence electrons. The molecule has 4 rings (SSSR count). The molecule has 7 heteroatoms. The summed E-state index contributed by atoms with van der Waals surface area (Å²) in [6.45, 7) is 2.50. The molecule has 0 spiro atoms. The van der Waals surface area contributed by atoms with Crippen molar-refractivity contribution < 1.29 is 14.3 Å². The highest BCUT2D eigenvalue weighted by Crippen LogP contribution is 2.25. The lowest BCUT2D eigenvalue weighted by Crippen LogP contribution is -2.36. The van der Waals surface area contributed by atoms with Crippen molar-refractivity contribution in [1.82, 2.24) is 19.4 Å². The number of methoxy groups -OCH3 is 1. The number of imidazole rings is 1. The van der Waals surface area contributed by atoms with Crippen LogP contribution in [-0.2, 0) is 29.1 Å². The maximum atomic E-state index is 12.6. The molecule has 1 aliphatic rings. The third kappa shape index (κ3) is 4.46. The Bertz CT molecular complexity index is 971. The number of hydrogen-bond acceptors (Lipinski definition) is 5. The summed E-state index contributed by atoms with van der Waals surface area (Å²) in [6, 6.07) is 13.7. The van der Waals surface area contributed by atoms with Crippen LogP contribution in [-0.4, -0.2) is 52.1 Å². The molecule has 0 saturated carbocycles. The standard InChI is InChI=1S/C22H24N4O3/c1-28-21-13-18(7-9-23-21)19-14-24-20-8-10-25(11-12-26(19)20)22(27)16-29-15-17-5-3-2-4-6-17/h2-7,9,13-14H,8,10-12,15-16H2,1H3. The largest absolute Gasteiger partial charge is 0.481 e. The molecular weight excluding hydrogens is 368 g/mol. The summed E-state index contributed by atoms with van der Waals surface area (Å²) in [7, 11) is 1.60. The molecule has 29 heavy (non-hydrogen) atoms. The van der Waals surface area contributed by atoms with Crippen LogP contribution < -0.4 is 4.74 Å². The highest BCUT2D eigenvalue weighted by atomic mass is 16.5. The summed E-state index contributed by atoms with van der Waals surface area (Å²) in [5, 5.41) is 0. The van der Waals surface area contributed by atoms with E-state index in [4.69, 9.17) is 9.47 Å². The topological polar surface area (TPSA) is 69.5 Å². The fourth-order valence-corrected chi connectivity index (χ4v) is 3.51. The number of ether oxygens (including phenoxy) is 2. The van der Waals surface area contributed by atoms with E-state index in [0.717, 1.165) is 22.6 Å². The molecule has 0 aliphatic carbocycles. The van der Waals surface area contributed by atoms with Crippen LogP contribution in [0, 0.1) is 0 Å². The Hall–Kier alpha value is -3.19. The van der Waals surface area contributed by atoms with E-state index in [1.807, 2.05) is 53.6 Å². The normalized spacial score (nSPS) is 13.6. The highest BCUT2D eigenvalue weighted by Gasteiger charge is 2.21. The first-order chi connectivity index (χ1) is 14.2. The number of rotatable bonds is 6. The molecule has 1 amide bonds. The third-order valence-corrected chi connectivity index (χ3v) is 5.07. The second kappa shape index (κ2) is 8.87. The maximum Gasteiger partial charge on any atom is 0.248 e.